The van der Waals surface area contributed by atoms with Crippen molar-refractivity contribution in [1.29, 1.82) is 0 Å². The summed E-state index contributed by atoms with van der Waals surface area (Å²) < 4.78 is 25.2. The molecule has 0 aromatic heterocycles. The van der Waals surface area contributed by atoms with Crippen LogP contribution in [0.25, 0.3) is 0 Å². The van der Waals surface area contributed by atoms with Crippen molar-refractivity contribution in [2.24, 2.45) is 0 Å². The lowest BCUT2D eigenvalue weighted by molar-refractivity contribution is -0.134. The second-order valence-electron chi connectivity index (χ2n) is 3.41. The quantitative estimate of drug-likeness (QED) is 0.690. The van der Waals surface area contributed by atoms with Crippen LogP contribution in [-0.4, -0.2) is 42.3 Å². The summed E-state index contributed by atoms with van der Waals surface area (Å²) in [5.74, 6) is -3.65. The molecule has 0 spiro atoms. The normalized spacial score (nSPS) is 19.2. The summed E-state index contributed by atoms with van der Waals surface area (Å²) in [7, 11) is 0. The number of nitrogens with one attached hydrogen (secondary N) is 1. The Morgan fingerprint density at radius 3 is 2.71 bits per heavy atom. The van der Waals surface area contributed by atoms with Crippen LogP contribution in [0, 0.1) is 0 Å². The van der Waals surface area contributed by atoms with Gasteiger partial charge in [-0.15, -0.1) is 0 Å². The zero-order valence-electron chi connectivity index (χ0n) is 7.85. The number of carbonyl (C=O) groups is 2. The lowest BCUT2D eigenvalue weighted by Gasteiger charge is -2.23. The zero-order valence-corrected chi connectivity index (χ0v) is 7.85. The van der Waals surface area contributed by atoms with Gasteiger partial charge in [0.2, 0.25) is 11.8 Å². The molecule has 6 heteroatoms. The Labute approximate surface area is 80.3 Å². The minimum absolute atomic E-state index is 0.0636. The van der Waals surface area contributed by atoms with Gasteiger partial charge in [-0.1, -0.05) is 0 Å². The minimum Gasteiger partial charge on any atom is -0.347 e. The van der Waals surface area contributed by atoms with E-state index in [1.807, 2.05) is 0 Å². The van der Waals surface area contributed by atoms with Gasteiger partial charge in [0, 0.05) is 19.9 Å². The molecule has 1 aliphatic heterocycles. The molecular weight excluding hydrogens is 194 g/mol. The topological polar surface area (TPSA) is 49.4 Å². The first-order valence-electron chi connectivity index (χ1n) is 4.31. The van der Waals surface area contributed by atoms with E-state index in [4.69, 9.17) is 0 Å². The largest absolute Gasteiger partial charge is 0.347 e. The molecule has 80 valence electrons. The van der Waals surface area contributed by atoms with E-state index < -0.39 is 18.4 Å². The SMILES string of the molecule is CC(F)(F)CN1CCC(=O)NCC1=O. The smallest absolute Gasteiger partial charge is 0.262 e. The van der Waals surface area contributed by atoms with E-state index in [1.54, 1.807) is 0 Å². The van der Waals surface area contributed by atoms with E-state index in [9.17, 15) is 18.4 Å². The predicted octanol–water partition coefficient (Wildman–Crippen LogP) is -0.00990. The highest BCUT2D eigenvalue weighted by atomic mass is 19.3. The highest BCUT2D eigenvalue weighted by Crippen LogP contribution is 2.14. The van der Waals surface area contributed by atoms with Gasteiger partial charge in [0.15, 0.2) is 0 Å². The van der Waals surface area contributed by atoms with Crippen molar-refractivity contribution in [3.8, 4) is 0 Å². The fourth-order valence-corrected chi connectivity index (χ4v) is 1.24. The Balaban J connectivity index is 2.59. The average molecular weight is 206 g/mol. The van der Waals surface area contributed by atoms with E-state index >= 15 is 0 Å². The number of hydrogen-bond acceptors (Lipinski definition) is 2. The van der Waals surface area contributed by atoms with Gasteiger partial charge >= 0.3 is 0 Å². The van der Waals surface area contributed by atoms with E-state index in [0.717, 1.165) is 11.8 Å². The molecule has 1 aliphatic rings. The molecule has 14 heavy (non-hydrogen) atoms. The van der Waals surface area contributed by atoms with Crippen molar-refractivity contribution >= 4 is 11.8 Å². The Morgan fingerprint density at radius 2 is 2.14 bits per heavy atom. The van der Waals surface area contributed by atoms with Crippen molar-refractivity contribution in [1.82, 2.24) is 10.2 Å². The fraction of sp³-hybridized carbons (Fsp3) is 0.750. The van der Waals surface area contributed by atoms with Gasteiger partial charge in [-0.3, -0.25) is 9.59 Å². The summed E-state index contributed by atoms with van der Waals surface area (Å²) in [6.07, 6.45) is 0.0851. The van der Waals surface area contributed by atoms with Crippen LogP contribution >= 0.6 is 0 Å². The summed E-state index contributed by atoms with van der Waals surface area (Å²) in [6, 6.07) is 0. The molecule has 0 aromatic rings. The van der Waals surface area contributed by atoms with Gasteiger partial charge in [-0.25, -0.2) is 8.78 Å². The molecule has 0 aliphatic carbocycles. The van der Waals surface area contributed by atoms with Gasteiger partial charge in [-0.05, 0) is 0 Å². The number of rotatable bonds is 2. The molecule has 1 saturated heterocycles. The Kier molecular flexibility index (Phi) is 3.03. The van der Waals surface area contributed by atoms with Crippen LogP contribution in [0.3, 0.4) is 0 Å². The zero-order chi connectivity index (χ0) is 10.8. The molecule has 1 rings (SSSR count). The van der Waals surface area contributed by atoms with Crippen LogP contribution in [-0.2, 0) is 9.59 Å². The Hall–Kier alpha value is -1.20. The van der Waals surface area contributed by atoms with Crippen molar-refractivity contribution in [3.63, 3.8) is 0 Å². The van der Waals surface area contributed by atoms with Crippen molar-refractivity contribution in [2.75, 3.05) is 19.6 Å². The number of nitrogens with zero attached hydrogens (tertiary/aromatic N) is 1. The second-order valence-corrected chi connectivity index (χ2v) is 3.41. The minimum atomic E-state index is -2.91. The molecule has 1 heterocycles. The summed E-state index contributed by atoms with van der Waals surface area (Å²) in [4.78, 5) is 23.1. The molecule has 2 amide bonds. The number of halogens is 2. The van der Waals surface area contributed by atoms with Crippen LogP contribution in [0.15, 0.2) is 0 Å². The van der Waals surface area contributed by atoms with E-state index in [2.05, 4.69) is 5.32 Å². The summed E-state index contributed by atoms with van der Waals surface area (Å²) in [5, 5.41) is 2.33. The summed E-state index contributed by atoms with van der Waals surface area (Å²) in [6.45, 7) is 0.00419. The molecule has 1 N–H and O–H groups in total. The second kappa shape index (κ2) is 3.89. The third-order valence-electron chi connectivity index (χ3n) is 1.87. The first-order chi connectivity index (χ1) is 6.38. The van der Waals surface area contributed by atoms with Crippen LogP contribution in [0.4, 0.5) is 8.78 Å². The third kappa shape index (κ3) is 3.27. The molecule has 0 atom stereocenters. The van der Waals surface area contributed by atoms with Gasteiger partial charge in [-0.2, -0.15) is 0 Å². The Bertz CT molecular complexity index is 250. The van der Waals surface area contributed by atoms with E-state index in [-0.39, 0.29) is 25.4 Å². The molecule has 0 saturated carbocycles. The molecule has 4 nitrogen and oxygen atoms in total. The predicted molar refractivity (Wildman–Crippen MR) is 44.8 cm³/mol. The maximum Gasteiger partial charge on any atom is 0.262 e. The first kappa shape index (κ1) is 10.9. The Morgan fingerprint density at radius 1 is 1.50 bits per heavy atom. The van der Waals surface area contributed by atoms with Gasteiger partial charge in [0.05, 0.1) is 13.1 Å². The molecule has 0 bridgehead atoms. The van der Waals surface area contributed by atoms with Crippen LogP contribution in [0.1, 0.15) is 13.3 Å². The number of hydrogen-bond donors (Lipinski definition) is 1. The van der Waals surface area contributed by atoms with E-state index in [0.29, 0.717) is 0 Å². The monoisotopic (exact) mass is 206 g/mol. The fourth-order valence-electron chi connectivity index (χ4n) is 1.24. The first-order valence-corrected chi connectivity index (χ1v) is 4.31. The van der Waals surface area contributed by atoms with Crippen molar-refractivity contribution in [2.45, 2.75) is 19.3 Å². The lowest BCUT2D eigenvalue weighted by Crippen LogP contribution is -2.41. The standard InChI is InChI=1S/C8H12F2N2O2/c1-8(9,10)5-12-3-2-6(13)11-4-7(12)14/h2-5H2,1H3,(H,11,13). The van der Waals surface area contributed by atoms with Gasteiger partial charge in [0.1, 0.15) is 0 Å². The number of amides is 2. The van der Waals surface area contributed by atoms with Crippen LogP contribution < -0.4 is 5.32 Å². The van der Waals surface area contributed by atoms with E-state index in [1.165, 1.54) is 0 Å². The molecule has 0 aromatic carbocycles. The molecule has 0 unspecified atom stereocenters. The summed E-state index contributed by atoms with van der Waals surface area (Å²) in [5.41, 5.74) is 0. The highest BCUT2D eigenvalue weighted by Gasteiger charge is 2.29. The van der Waals surface area contributed by atoms with Crippen LogP contribution in [0.5, 0.6) is 0 Å². The lowest BCUT2D eigenvalue weighted by atomic mass is 10.3. The molecule has 0 radical (unpaired) electrons. The number of alkyl halides is 2. The van der Waals surface area contributed by atoms with Gasteiger partial charge < -0.3 is 10.2 Å². The van der Waals surface area contributed by atoms with Crippen LogP contribution in [0.2, 0.25) is 0 Å². The van der Waals surface area contributed by atoms with Crippen molar-refractivity contribution in [3.05, 3.63) is 0 Å². The highest BCUT2D eigenvalue weighted by molar-refractivity contribution is 5.87. The third-order valence-corrected chi connectivity index (χ3v) is 1.87. The van der Waals surface area contributed by atoms with Gasteiger partial charge in [0.25, 0.3) is 5.92 Å². The number of carbonyl (C=O) groups excluding carboxylic acids is 2. The molecular formula is C8H12F2N2O2. The molecule has 1 fully saturated rings. The maximum absolute atomic E-state index is 12.6. The summed E-state index contributed by atoms with van der Waals surface area (Å²) >= 11 is 0. The maximum atomic E-state index is 12.6. The average Bonchev–Trinajstić information content (AvgIpc) is 2.17. The van der Waals surface area contributed by atoms with Crippen molar-refractivity contribution < 1.29 is 18.4 Å².